The van der Waals surface area contributed by atoms with Gasteiger partial charge in [-0.05, 0) is 43.5 Å². The van der Waals surface area contributed by atoms with E-state index in [9.17, 15) is 10.2 Å². The van der Waals surface area contributed by atoms with E-state index in [2.05, 4.69) is 5.32 Å². The fourth-order valence-corrected chi connectivity index (χ4v) is 2.43. The Morgan fingerprint density at radius 2 is 1.71 bits per heavy atom. The van der Waals surface area contributed by atoms with E-state index in [1.54, 1.807) is 12.1 Å². The zero-order valence-corrected chi connectivity index (χ0v) is 12.5. The molecule has 2 rings (SSSR count). The van der Waals surface area contributed by atoms with E-state index in [1.165, 1.54) is 0 Å². The molecule has 0 heterocycles. The molecule has 0 saturated heterocycles. The summed E-state index contributed by atoms with van der Waals surface area (Å²) in [6.07, 6.45) is 0.175. The molecule has 3 atom stereocenters. The number of aromatic hydroxyl groups is 1. The van der Waals surface area contributed by atoms with Crippen LogP contribution in [0.4, 0.5) is 0 Å². The molecule has 0 unspecified atom stereocenters. The normalized spacial score (nSPS) is 15.4. The Labute approximate surface area is 126 Å². The third-order valence-electron chi connectivity index (χ3n) is 3.75. The second-order valence-corrected chi connectivity index (χ2v) is 5.53. The van der Waals surface area contributed by atoms with Gasteiger partial charge in [0.25, 0.3) is 0 Å². The molecule has 0 saturated carbocycles. The Kier molecular flexibility index (Phi) is 5.37. The van der Waals surface area contributed by atoms with Gasteiger partial charge >= 0.3 is 0 Å². The van der Waals surface area contributed by atoms with E-state index in [0.717, 1.165) is 11.1 Å². The number of aliphatic hydroxyl groups is 1. The number of hydrogen-bond acceptors (Lipinski definition) is 3. The quantitative estimate of drug-likeness (QED) is 0.764. The third kappa shape index (κ3) is 4.59. The van der Waals surface area contributed by atoms with Gasteiger partial charge in [-0.25, -0.2) is 0 Å². The summed E-state index contributed by atoms with van der Waals surface area (Å²) < 4.78 is 0. The van der Waals surface area contributed by atoms with Crippen molar-refractivity contribution in [2.45, 2.75) is 38.5 Å². The van der Waals surface area contributed by atoms with Crippen LogP contribution in [0.15, 0.2) is 54.6 Å². The first kappa shape index (κ1) is 15.5. The van der Waals surface area contributed by atoms with Crippen LogP contribution in [0.25, 0.3) is 0 Å². The molecule has 0 aromatic heterocycles. The number of benzene rings is 2. The van der Waals surface area contributed by atoms with Gasteiger partial charge in [-0.3, -0.25) is 0 Å². The molecule has 21 heavy (non-hydrogen) atoms. The number of phenols is 1. The highest BCUT2D eigenvalue weighted by Gasteiger charge is 2.17. The number of hydrogen-bond donors (Lipinski definition) is 3. The van der Waals surface area contributed by atoms with Gasteiger partial charge in [-0.1, -0.05) is 42.5 Å². The molecular formula is C18H23NO2. The predicted molar refractivity (Wildman–Crippen MR) is 85.3 cm³/mol. The Morgan fingerprint density at radius 1 is 1.00 bits per heavy atom. The number of aliphatic hydroxyl groups excluding tert-OH is 1. The van der Waals surface area contributed by atoms with Crippen LogP contribution >= 0.6 is 0 Å². The van der Waals surface area contributed by atoms with Crippen molar-refractivity contribution in [1.82, 2.24) is 5.32 Å². The highest BCUT2D eigenvalue weighted by Crippen LogP contribution is 2.19. The lowest BCUT2D eigenvalue weighted by Crippen LogP contribution is -2.39. The van der Waals surface area contributed by atoms with Gasteiger partial charge < -0.3 is 15.5 Å². The highest BCUT2D eigenvalue weighted by atomic mass is 16.3. The minimum absolute atomic E-state index is 0.0393. The summed E-state index contributed by atoms with van der Waals surface area (Å²) in [4.78, 5) is 0. The molecule has 0 radical (unpaired) electrons. The Bertz CT molecular complexity index is 556. The minimum Gasteiger partial charge on any atom is -0.508 e. The second-order valence-electron chi connectivity index (χ2n) is 5.53. The fraction of sp³-hybridized carbons (Fsp3) is 0.333. The molecule has 0 fully saturated rings. The van der Waals surface area contributed by atoms with Crippen molar-refractivity contribution in [3.05, 3.63) is 65.7 Å². The van der Waals surface area contributed by atoms with E-state index in [-0.39, 0.29) is 17.8 Å². The van der Waals surface area contributed by atoms with Crippen LogP contribution in [0.2, 0.25) is 0 Å². The van der Waals surface area contributed by atoms with Gasteiger partial charge in [-0.2, -0.15) is 0 Å². The van der Waals surface area contributed by atoms with E-state index < -0.39 is 6.10 Å². The van der Waals surface area contributed by atoms with Crippen molar-refractivity contribution in [1.29, 1.82) is 0 Å². The Morgan fingerprint density at radius 3 is 2.38 bits per heavy atom. The molecule has 0 amide bonds. The summed E-state index contributed by atoms with van der Waals surface area (Å²) in [5.74, 6) is 0.263. The van der Waals surface area contributed by atoms with Crippen molar-refractivity contribution in [2.24, 2.45) is 0 Å². The molecule has 0 aliphatic carbocycles. The maximum absolute atomic E-state index is 10.3. The van der Waals surface area contributed by atoms with Crippen LogP contribution in [0, 0.1) is 0 Å². The summed E-state index contributed by atoms with van der Waals surface area (Å²) in [5, 5.41) is 23.2. The fourth-order valence-electron chi connectivity index (χ4n) is 2.43. The first-order valence-corrected chi connectivity index (χ1v) is 7.33. The molecule has 2 aromatic rings. The molecule has 0 spiro atoms. The van der Waals surface area contributed by atoms with Gasteiger partial charge in [0.15, 0.2) is 0 Å². The molecule has 3 nitrogen and oxygen atoms in total. The Hall–Kier alpha value is -1.84. The molecule has 3 N–H and O–H groups in total. The monoisotopic (exact) mass is 285 g/mol. The molecule has 0 aliphatic heterocycles. The van der Waals surface area contributed by atoms with E-state index >= 15 is 0 Å². The molecule has 3 heteroatoms. The third-order valence-corrected chi connectivity index (χ3v) is 3.75. The van der Waals surface area contributed by atoms with E-state index in [4.69, 9.17) is 0 Å². The predicted octanol–water partition coefficient (Wildman–Crippen LogP) is 3.03. The van der Waals surface area contributed by atoms with Crippen LogP contribution in [-0.2, 0) is 6.42 Å². The summed E-state index contributed by atoms with van der Waals surface area (Å²) in [6.45, 7) is 4.01. The average Bonchev–Trinajstić information content (AvgIpc) is 2.48. The second kappa shape index (κ2) is 7.25. The van der Waals surface area contributed by atoms with Crippen LogP contribution in [0.5, 0.6) is 5.75 Å². The zero-order valence-electron chi connectivity index (χ0n) is 12.5. The maximum Gasteiger partial charge on any atom is 0.115 e. The van der Waals surface area contributed by atoms with Crippen molar-refractivity contribution in [3.63, 3.8) is 0 Å². The first-order valence-electron chi connectivity index (χ1n) is 7.33. The smallest absolute Gasteiger partial charge is 0.115 e. The lowest BCUT2D eigenvalue weighted by atomic mass is 10.0. The number of rotatable bonds is 6. The summed E-state index contributed by atoms with van der Waals surface area (Å²) in [5.41, 5.74) is 2.14. The maximum atomic E-state index is 10.3. The highest BCUT2D eigenvalue weighted by molar-refractivity contribution is 5.29. The molecule has 2 aromatic carbocycles. The SMILES string of the molecule is C[C@H](N[C@@H](C)[C@H](O)Cc1ccccc1)c1cccc(O)c1. The van der Waals surface area contributed by atoms with Crippen molar-refractivity contribution in [3.8, 4) is 5.75 Å². The van der Waals surface area contributed by atoms with Crippen molar-refractivity contribution >= 4 is 0 Å². The van der Waals surface area contributed by atoms with Gasteiger partial charge in [0.1, 0.15) is 5.75 Å². The molecule has 0 bridgehead atoms. The zero-order chi connectivity index (χ0) is 15.2. The van der Waals surface area contributed by atoms with Crippen LogP contribution in [-0.4, -0.2) is 22.4 Å². The van der Waals surface area contributed by atoms with Gasteiger partial charge in [0.05, 0.1) is 6.10 Å². The molecule has 112 valence electrons. The topological polar surface area (TPSA) is 52.5 Å². The van der Waals surface area contributed by atoms with Crippen LogP contribution in [0.1, 0.15) is 31.0 Å². The number of phenolic OH excluding ortho intramolecular Hbond substituents is 1. The van der Waals surface area contributed by atoms with Crippen molar-refractivity contribution in [2.75, 3.05) is 0 Å². The largest absolute Gasteiger partial charge is 0.508 e. The standard InChI is InChI=1S/C18H23NO2/c1-13(16-9-6-10-17(20)12-16)19-14(2)18(21)11-15-7-4-3-5-8-15/h3-10,12-14,18-21H,11H2,1-2H3/t13-,14-,18+/m0/s1. The Balaban J connectivity index is 1.92. The lowest BCUT2D eigenvalue weighted by molar-refractivity contribution is 0.129. The van der Waals surface area contributed by atoms with Gasteiger partial charge in [0, 0.05) is 12.1 Å². The molecule has 0 aliphatic rings. The first-order chi connectivity index (χ1) is 10.1. The van der Waals surface area contributed by atoms with Crippen LogP contribution < -0.4 is 5.32 Å². The average molecular weight is 285 g/mol. The van der Waals surface area contributed by atoms with E-state index in [0.29, 0.717) is 6.42 Å². The summed E-state index contributed by atoms with van der Waals surface area (Å²) in [6, 6.07) is 17.2. The summed E-state index contributed by atoms with van der Waals surface area (Å²) in [7, 11) is 0. The molecular weight excluding hydrogens is 262 g/mol. The lowest BCUT2D eigenvalue weighted by Gasteiger charge is -2.25. The number of nitrogens with one attached hydrogen (secondary N) is 1. The van der Waals surface area contributed by atoms with Crippen LogP contribution in [0.3, 0.4) is 0 Å². The minimum atomic E-state index is -0.452. The van der Waals surface area contributed by atoms with Crippen molar-refractivity contribution < 1.29 is 10.2 Å². The van der Waals surface area contributed by atoms with Gasteiger partial charge in [-0.15, -0.1) is 0 Å². The van der Waals surface area contributed by atoms with Gasteiger partial charge in [0.2, 0.25) is 0 Å². The summed E-state index contributed by atoms with van der Waals surface area (Å²) >= 11 is 0. The van der Waals surface area contributed by atoms with E-state index in [1.807, 2.05) is 56.3 Å².